The molecular weight excluding hydrogens is 373 g/mol. The van der Waals surface area contributed by atoms with Gasteiger partial charge in [-0.05, 0) is 29.3 Å². The van der Waals surface area contributed by atoms with Gasteiger partial charge >= 0.3 is 12.1 Å². The first-order chi connectivity index (χ1) is 13.3. The Morgan fingerprint density at radius 2 is 1.93 bits per heavy atom. The third kappa shape index (κ3) is 3.20. The first-order valence-electron chi connectivity index (χ1n) is 8.17. The number of nitrogens with zero attached hydrogens (tertiary/aromatic N) is 4. The Balaban J connectivity index is 1.56. The van der Waals surface area contributed by atoms with Crippen LogP contribution in [-0.2, 0) is 19.3 Å². The van der Waals surface area contributed by atoms with Crippen molar-refractivity contribution in [3.63, 3.8) is 0 Å². The third-order valence-electron chi connectivity index (χ3n) is 4.37. The number of benzene rings is 2. The van der Waals surface area contributed by atoms with Gasteiger partial charge in [0.2, 0.25) is 5.82 Å². The molecule has 2 heterocycles. The molecule has 1 aromatic heterocycles. The van der Waals surface area contributed by atoms with Crippen molar-refractivity contribution in [2.24, 2.45) is 0 Å². The van der Waals surface area contributed by atoms with E-state index in [9.17, 15) is 18.0 Å². The fraction of sp³-hybridized carbons (Fsp3) is 0.158. The van der Waals surface area contributed by atoms with Crippen LogP contribution in [0.25, 0.3) is 11.4 Å². The zero-order chi connectivity index (χ0) is 19.9. The Morgan fingerprint density at radius 1 is 1.18 bits per heavy atom. The molecule has 0 radical (unpaired) electrons. The maximum absolute atomic E-state index is 12.7. The van der Waals surface area contributed by atoms with Crippen LogP contribution in [0.5, 0.6) is 0 Å². The second-order valence-electron chi connectivity index (χ2n) is 6.26. The summed E-state index contributed by atoms with van der Waals surface area (Å²) >= 11 is 0. The highest BCUT2D eigenvalue weighted by Gasteiger charge is 2.38. The van der Waals surface area contributed by atoms with Gasteiger partial charge in [-0.2, -0.15) is 23.4 Å². The van der Waals surface area contributed by atoms with Crippen LogP contribution in [-0.4, -0.2) is 20.9 Å². The molecule has 0 aliphatic carbocycles. The standard InChI is InChI=1S/C19H11F3N4O2/c20-19(21,22)18-24-16(25-28-18)13-5-6-14-10-26(17(27)15(14)7-13)9-12-3-1-11(8-23)2-4-12/h1-7H,9-10H2. The Labute approximate surface area is 156 Å². The van der Waals surface area contributed by atoms with Crippen molar-refractivity contribution in [3.05, 3.63) is 70.6 Å². The summed E-state index contributed by atoms with van der Waals surface area (Å²) in [6, 6.07) is 13.6. The number of alkyl halides is 3. The second kappa shape index (κ2) is 6.49. The van der Waals surface area contributed by atoms with Gasteiger partial charge in [-0.3, -0.25) is 4.79 Å². The number of fused-ring (bicyclic) bond motifs is 1. The molecule has 2 aromatic carbocycles. The van der Waals surface area contributed by atoms with Crippen molar-refractivity contribution in [2.45, 2.75) is 19.3 Å². The summed E-state index contributed by atoms with van der Waals surface area (Å²) in [4.78, 5) is 17.7. The van der Waals surface area contributed by atoms with Crippen molar-refractivity contribution >= 4 is 5.91 Å². The van der Waals surface area contributed by atoms with Gasteiger partial charge in [-0.15, -0.1) is 0 Å². The highest BCUT2D eigenvalue weighted by atomic mass is 19.4. The number of hydrogen-bond acceptors (Lipinski definition) is 5. The Hall–Kier alpha value is -3.67. The number of amides is 1. The molecule has 0 bridgehead atoms. The van der Waals surface area contributed by atoms with Gasteiger partial charge in [0.15, 0.2) is 0 Å². The zero-order valence-corrected chi connectivity index (χ0v) is 14.2. The molecule has 1 amide bonds. The number of rotatable bonds is 3. The van der Waals surface area contributed by atoms with Crippen molar-refractivity contribution in [3.8, 4) is 17.5 Å². The molecule has 3 aromatic rings. The first-order valence-corrected chi connectivity index (χ1v) is 8.17. The van der Waals surface area contributed by atoms with Gasteiger partial charge in [-0.25, -0.2) is 0 Å². The summed E-state index contributed by atoms with van der Waals surface area (Å²) < 4.78 is 42.1. The van der Waals surface area contributed by atoms with E-state index in [0.29, 0.717) is 24.2 Å². The van der Waals surface area contributed by atoms with Crippen LogP contribution in [0.3, 0.4) is 0 Å². The predicted molar refractivity (Wildman–Crippen MR) is 89.5 cm³/mol. The van der Waals surface area contributed by atoms with Crippen LogP contribution in [0.4, 0.5) is 13.2 Å². The quantitative estimate of drug-likeness (QED) is 0.686. The molecule has 0 atom stereocenters. The van der Waals surface area contributed by atoms with E-state index in [2.05, 4.69) is 14.7 Å². The van der Waals surface area contributed by atoms with Gasteiger partial charge in [-0.1, -0.05) is 29.4 Å². The number of aromatic nitrogens is 2. The summed E-state index contributed by atoms with van der Waals surface area (Å²) in [6.45, 7) is 0.740. The number of carbonyl (C=O) groups excluding carboxylic acids is 1. The lowest BCUT2D eigenvalue weighted by molar-refractivity contribution is -0.159. The second-order valence-corrected chi connectivity index (χ2v) is 6.26. The van der Waals surface area contributed by atoms with E-state index in [1.807, 2.05) is 6.07 Å². The van der Waals surface area contributed by atoms with Crippen LogP contribution in [0, 0.1) is 11.3 Å². The smallest absolute Gasteiger partial charge is 0.330 e. The molecule has 0 N–H and O–H groups in total. The van der Waals surface area contributed by atoms with E-state index in [4.69, 9.17) is 5.26 Å². The van der Waals surface area contributed by atoms with Gasteiger partial charge in [0.05, 0.1) is 11.6 Å². The molecule has 0 saturated carbocycles. The molecular formula is C19H11F3N4O2. The monoisotopic (exact) mass is 384 g/mol. The molecule has 1 aliphatic heterocycles. The minimum atomic E-state index is -4.73. The molecule has 0 spiro atoms. The predicted octanol–water partition coefficient (Wildman–Crippen LogP) is 3.78. The fourth-order valence-corrected chi connectivity index (χ4v) is 2.99. The summed E-state index contributed by atoms with van der Waals surface area (Å²) in [6.07, 6.45) is -4.73. The maximum atomic E-state index is 12.7. The van der Waals surface area contributed by atoms with E-state index >= 15 is 0 Å². The summed E-state index contributed by atoms with van der Waals surface area (Å²) in [5.41, 5.74) is 2.83. The Bertz CT molecular complexity index is 1100. The van der Waals surface area contributed by atoms with Gasteiger partial charge < -0.3 is 9.42 Å². The average molecular weight is 384 g/mol. The third-order valence-corrected chi connectivity index (χ3v) is 4.37. The van der Waals surface area contributed by atoms with E-state index in [-0.39, 0.29) is 17.3 Å². The number of halogens is 3. The zero-order valence-electron chi connectivity index (χ0n) is 14.2. The molecule has 28 heavy (non-hydrogen) atoms. The van der Waals surface area contributed by atoms with E-state index in [1.54, 1.807) is 41.3 Å². The van der Waals surface area contributed by atoms with E-state index in [1.165, 1.54) is 6.07 Å². The normalized spacial score (nSPS) is 13.5. The van der Waals surface area contributed by atoms with Crippen LogP contribution < -0.4 is 0 Å². The largest absolute Gasteiger partial charge is 0.471 e. The molecule has 0 unspecified atom stereocenters. The lowest BCUT2D eigenvalue weighted by Crippen LogP contribution is -2.23. The molecule has 4 rings (SSSR count). The SMILES string of the molecule is N#Cc1ccc(CN2Cc3ccc(-c4noc(C(F)(F)F)n4)cc3C2=O)cc1. The van der Waals surface area contributed by atoms with Gasteiger partial charge in [0, 0.05) is 24.2 Å². The summed E-state index contributed by atoms with van der Waals surface area (Å²) in [5.74, 6) is -1.90. The van der Waals surface area contributed by atoms with Crippen molar-refractivity contribution < 1.29 is 22.5 Å². The summed E-state index contributed by atoms with van der Waals surface area (Å²) in [5, 5.41) is 12.2. The van der Waals surface area contributed by atoms with Crippen molar-refractivity contribution in [1.29, 1.82) is 5.26 Å². The lowest BCUT2D eigenvalue weighted by atomic mass is 10.1. The van der Waals surface area contributed by atoms with E-state index in [0.717, 1.165) is 11.1 Å². The molecule has 0 fully saturated rings. The summed E-state index contributed by atoms with van der Waals surface area (Å²) in [7, 11) is 0. The Morgan fingerprint density at radius 3 is 2.57 bits per heavy atom. The molecule has 140 valence electrons. The molecule has 6 nitrogen and oxygen atoms in total. The van der Waals surface area contributed by atoms with Crippen LogP contribution in [0.1, 0.15) is 32.9 Å². The van der Waals surface area contributed by atoms with Crippen LogP contribution in [0.15, 0.2) is 47.0 Å². The van der Waals surface area contributed by atoms with Crippen LogP contribution in [0.2, 0.25) is 0 Å². The van der Waals surface area contributed by atoms with Gasteiger partial charge in [0.25, 0.3) is 5.91 Å². The van der Waals surface area contributed by atoms with Gasteiger partial charge in [0.1, 0.15) is 0 Å². The first kappa shape index (κ1) is 17.7. The molecule has 0 saturated heterocycles. The van der Waals surface area contributed by atoms with Crippen molar-refractivity contribution in [1.82, 2.24) is 15.0 Å². The Kier molecular flexibility index (Phi) is 4.11. The highest BCUT2D eigenvalue weighted by molar-refractivity contribution is 5.99. The topological polar surface area (TPSA) is 83.0 Å². The molecule has 1 aliphatic rings. The minimum absolute atomic E-state index is 0.228. The minimum Gasteiger partial charge on any atom is -0.330 e. The number of carbonyl (C=O) groups is 1. The number of nitriles is 1. The maximum Gasteiger partial charge on any atom is 0.471 e. The lowest BCUT2D eigenvalue weighted by Gasteiger charge is -2.15. The number of hydrogen-bond donors (Lipinski definition) is 0. The van der Waals surface area contributed by atoms with E-state index < -0.39 is 12.1 Å². The van der Waals surface area contributed by atoms with Crippen molar-refractivity contribution in [2.75, 3.05) is 0 Å². The fourth-order valence-electron chi connectivity index (χ4n) is 2.99. The average Bonchev–Trinajstić information content (AvgIpc) is 3.28. The highest BCUT2D eigenvalue weighted by Crippen LogP contribution is 2.31. The molecule has 9 heteroatoms. The van der Waals surface area contributed by atoms with Crippen LogP contribution >= 0.6 is 0 Å².